The van der Waals surface area contributed by atoms with Crippen LogP contribution in [0, 0.1) is 13.8 Å². The highest BCUT2D eigenvalue weighted by Gasteiger charge is 2.39. The van der Waals surface area contributed by atoms with Gasteiger partial charge >= 0.3 is 0 Å². The van der Waals surface area contributed by atoms with Gasteiger partial charge in [-0.1, -0.05) is 6.07 Å². The van der Waals surface area contributed by atoms with Gasteiger partial charge in [0.25, 0.3) is 0 Å². The molecular formula is C15H25NO3S. The summed E-state index contributed by atoms with van der Waals surface area (Å²) in [6, 6.07) is 3.68. The molecule has 1 atom stereocenters. The average Bonchev–Trinajstić information content (AvgIpc) is 2.32. The second-order valence-electron chi connectivity index (χ2n) is 5.78. The van der Waals surface area contributed by atoms with Gasteiger partial charge in [0, 0.05) is 6.26 Å². The fourth-order valence-electron chi connectivity index (χ4n) is 2.43. The summed E-state index contributed by atoms with van der Waals surface area (Å²) in [6.45, 7) is 7.44. The van der Waals surface area contributed by atoms with E-state index >= 15 is 0 Å². The highest BCUT2D eigenvalue weighted by Crippen LogP contribution is 2.35. The Hall–Kier alpha value is -1.07. The van der Waals surface area contributed by atoms with Crippen molar-refractivity contribution >= 4 is 9.84 Å². The Kier molecular flexibility index (Phi) is 4.87. The van der Waals surface area contributed by atoms with Gasteiger partial charge in [-0.15, -0.1) is 0 Å². The zero-order valence-electron chi connectivity index (χ0n) is 13.4. The maximum absolute atomic E-state index is 12.1. The molecular weight excluding hydrogens is 274 g/mol. The molecule has 20 heavy (non-hydrogen) atoms. The molecule has 1 unspecified atom stereocenters. The van der Waals surface area contributed by atoms with E-state index in [2.05, 4.69) is 5.32 Å². The number of sulfone groups is 1. The maximum Gasteiger partial charge on any atom is 0.154 e. The minimum atomic E-state index is -3.20. The lowest BCUT2D eigenvalue weighted by molar-refractivity contribution is 0.409. The van der Waals surface area contributed by atoms with E-state index in [0.29, 0.717) is 0 Å². The number of benzene rings is 1. The summed E-state index contributed by atoms with van der Waals surface area (Å²) in [5.74, 6) is 0.818. The summed E-state index contributed by atoms with van der Waals surface area (Å²) in [6.07, 6.45) is 1.28. The standard InChI is InChI=1S/C15H25NO3S/c1-10-9-13(19-6)11(2)8-12(10)14(16-5)15(3,4)20(7,17)18/h8-9,14,16H,1-7H3. The van der Waals surface area contributed by atoms with Crippen LogP contribution >= 0.6 is 0 Å². The van der Waals surface area contributed by atoms with Crippen molar-refractivity contribution in [3.05, 3.63) is 28.8 Å². The Morgan fingerprint density at radius 2 is 1.75 bits per heavy atom. The van der Waals surface area contributed by atoms with Crippen molar-refractivity contribution in [2.24, 2.45) is 0 Å². The van der Waals surface area contributed by atoms with Crippen LogP contribution in [0.3, 0.4) is 0 Å². The van der Waals surface area contributed by atoms with Gasteiger partial charge in [-0.2, -0.15) is 0 Å². The van der Waals surface area contributed by atoms with Crippen molar-refractivity contribution < 1.29 is 13.2 Å². The van der Waals surface area contributed by atoms with Crippen molar-refractivity contribution in [3.63, 3.8) is 0 Å². The molecule has 0 amide bonds. The third-order valence-electron chi connectivity index (χ3n) is 4.03. The lowest BCUT2D eigenvalue weighted by Crippen LogP contribution is -2.44. The summed E-state index contributed by atoms with van der Waals surface area (Å²) < 4.78 is 28.6. The number of ether oxygens (including phenoxy) is 1. The number of rotatable bonds is 5. The molecule has 0 aliphatic rings. The first-order valence-corrected chi connectivity index (χ1v) is 8.47. The van der Waals surface area contributed by atoms with E-state index in [0.717, 1.165) is 22.4 Å². The Balaban J connectivity index is 3.45. The second-order valence-corrected chi connectivity index (χ2v) is 8.37. The molecule has 0 radical (unpaired) electrons. The third-order valence-corrected chi connectivity index (χ3v) is 6.18. The van der Waals surface area contributed by atoms with Gasteiger partial charge in [-0.05, 0) is 57.5 Å². The Morgan fingerprint density at radius 1 is 1.20 bits per heavy atom. The summed E-state index contributed by atoms with van der Waals surface area (Å²) in [4.78, 5) is 0. The van der Waals surface area contributed by atoms with Crippen molar-refractivity contribution in [1.29, 1.82) is 0 Å². The smallest absolute Gasteiger partial charge is 0.154 e. The molecule has 0 saturated heterocycles. The minimum Gasteiger partial charge on any atom is -0.496 e. The van der Waals surface area contributed by atoms with E-state index < -0.39 is 14.6 Å². The second kappa shape index (κ2) is 5.74. The quantitative estimate of drug-likeness (QED) is 0.907. The van der Waals surface area contributed by atoms with Gasteiger partial charge in [0.15, 0.2) is 9.84 Å². The van der Waals surface area contributed by atoms with Crippen molar-refractivity contribution in [2.75, 3.05) is 20.4 Å². The van der Waals surface area contributed by atoms with Gasteiger partial charge in [0.2, 0.25) is 0 Å². The van der Waals surface area contributed by atoms with Crippen LogP contribution in [0.15, 0.2) is 12.1 Å². The van der Waals surface area contributed by atoms with Gasteiger partial charge in [-0.3, -0.25) is 0 Å². The van der Waals surface area contributed by atoms with E-state index in [1.165, 1.54) is 6.26 Å². The first kappa shape index (κ1) is 17.0. The molecule has 0 spiro atoms. The molecule has 0 aliphatic heterocycles. The van der Waals surface area contributed by atoms with Gasteiger partial charge < -0.3 is 10.1 Å². The topological polar surface area (TPSA) is 55.4 Å². The van der Waals surface area contributed by atoms with Gasteiger partial charge in [0.05, 0.1) is 17.9 Å². The van der Waals surface area contributed by atoms with Crippen LogP contribution in [0.4, 0.5) is 0 Å². The van der Waals surface area contributed by atoms with E-state index in [9.17, 15) is 8.42 Å². The molecule has 0 heterocycles. The zero-order valence-corrected chi connectivity index (χ0v) is 14.2. The summed E-state index contributed by atoms with van der Waals surface area (Å²) in [5, 5.41) is 3.15. The summed E-state index contributed by atoms with van der Waals surface area (Å²) in [7, 11) is 0.224. The molecule has 4 nitrogen and oxygen atoms in total. The zero-order chi connectivity index (χ0) is 15.7. The van der Waals surface area contributed by atoms with Crippen LogP contribution in [-0.4, -0.2) is 33.6 Å². The van der Waals surface area contributed by atoms with E-state index in [-0.39, 0.29) is 6.04 Å². The van der Waals surface area contributed by atoms with Crippen LogP contribution in [0.5, 0.6) is 5.75 Å². The molecule has 0 saturated carbocycles. The number of methoxy groups -OCH3 is 1. The lowest BCUT2D eigenvalue weighted by atomic mass is 9.90. The van der Waals surface area contributed by atoms with Crippen LogP contribution in [0.2, 0.25) is 0 Å². The maximum atomic E-state index is 12.1. The molecule has 0 bridgehead atoms. The lowest BCUT2D eigenvalue weighted by Gasteiger charge is -2.34. The molecule has 1 aromatic rings. The Bertz CT molecular complexity index is 591. The predicted octanol–water partition coefficient (Wildman–Crippen LogP) is 2.40. The Labute approximate surface area is 122 Å². The highest BCUT2D eigenvalue weighted by atomic mass is 32.2. The highest BCUT2D eigenvalue weighted by molar-refractivity contribution is 7.92. The number of hydrogen-bond acceptors (Lipinski definition) is 4. The summed E-state index contributed by atoms with van der Waals surface area (Å²) >= 11 is 0. The van der Waals surface area contributed by atoms with Crippen LogP contribution in [0.25, 0.3) is 0 Å². The SMILES string of the molecule is CNC(c1cc(C)c(OC)cc1C)C(C)(C)S(C)(=O)=O. The average molecular weight is 299 g/mol. The van der Waals surface area contributed by atoms with E-state index in [1.54, 1.807) is 28.0 Å². The largest absolute Gasteiger partial charge is 0.496 e. The fraction of sp³-hybridized carbons (Fsp3) is 0.600. The van der Waals surface area contributed by atoms with Crippen molar-refractivity contribution in [1.82, 2.24) is 5.32 Å². The van der Waals surface area contributed by atoms with E-state index in [1.807, 2.05) is 26.0 Å². The number of hydrogen-bond donors (Lipinski definition) is 1. The monoisotopic (exact) mass is 299 g/mol. The number of aryl methyl sites for hydroxylation is 2. The van der Waals surface area contributed by atoms with Crippen LogP contribution < -0.4 is 10.1 Å². The summed E-state index contributed by atoms with van der Waals surface area (Å²) in [5.41, 5.74) is 3.00. The molecule has 0 fully saturated rings. The van der Waals surface area contributed by atoms with E-state index in [4.69, 9.17) is 4.74 Å². The molecule has 1 rings (SSSR count). The molecule has 0 aromatic heterocycles. The third kappa shape index (κ3) is 2.99. The van der Waals surface area contributed by atoms with Crippen LogP contribution in [-0.2, 0) is 9.84 Å². The predicted molar refractivity (Wildman–Crippen MR) is 83.2 cm³/mol. The molecule has 1 N–H and O–H groups in total. The van der Waals surface area contributed by atoms with Crippen LogP contribution in [0.1, 0.15) is 36.6 Å². The van der Waals surface area contributed by atoms with Gasteiger partial charge in [0.1, 0.15) is 5.75 Å². The molecule has 114 valence electrons. The first-order chi connectivity index (χ1) is 9.06. The van der Waals surface area contributed by atoms with Crippen molar-refractivity contribution in [2.45, 2.75) is 38.5 Å². The first-order valence-electron chi connectivity index (χ1n) is 6.58. The molecule has 1 aromatic carbocycles. The minimum absolute atomic E-state index is 0.276. The normalized spacial score (nSPS) is 14.2. The molecule has 5 heteroatoms. The molecule has 0 aliphatic carbocycles. The Morgan fingerprint density at radius 3 is 2.15 bits per heavy atom. The number of nitrogens with one attached hydrogen (secondary N) is 1. The van der Waals surface area contributed by atoms with Gasteiger partial charge in [-0.25, -0.2) is 8.42 Å². The fourth-order valence-corrected chi connectivity index (χ4v) is 3.11. The van der Waals surface area contributed by atoms with Crippen molar-refractivity contribution in [3.8, 4) is 5.75 Å².